The van der Waals surface area contributed by atoms with Gasteiger partial charge in [0.1, 0.15) is 0 Å². The van der Waals surface area contributed by atoms with Crippen LogP contribution >= 0.6 is 11.8 Å². The summed E-state index contributed by atoms with van der Waals surface area (Å²) in [6.07, 6.45) is 1.40. The summed E-state index contributed by atoms with van der Waals surface area (Å²) < 4.78 is 5.06. The van der Waals surface area contributed by atoms with Crippen LogP contribution in [0, 0.1) is 5.92 Å². The van der Waals surface area contributed by atoms with Gasteiger partial charge in [-0.15, -0.1) is 11.8 Å². The normalized spacial score (nSPS) is 17.1. The average molecular weight is 321 g/mol. The molecule has 0 unspecified atom stereocenters. The number of nitrogens with zero attached hydrogens (tertiary/aromatic N) is 1. The number of carbonyl (C=O) groups is 2. The molecular formula is C17H23NO3S. The standard InChI is InChI=1S/C17H23NO3S/c1-3-21-17(20)14-9-11-18(12-10-14)16(19)13(2)22-15-7-5-4-6-8-15/h4-8,13-14H,3,9-12H2,1-2H3/t13-/m0/s1. The monoisotopic (exact) mass is 321 g/mol. The summed E-state index contributed by atoms with van der Waals surface area (Å²) in [4.78, 5) is 27.2. The SMILES string of the molecule is CCOC(=O)C1CCN(C(=O)[C@H](C)Sc2ccccc2)CC1. The number of thioether (sulfide) groups is 1. The maximum atomic E-state index is 12.5. The highest BCUT2D eigenvalue weighted by molar-refractivity contribution is 8.00. The van der Waals surface area contributed by atoms with Crippen molar-refractivity contribution in [2.75, 3.05) is 19.7 Å². The molecule has 0 aliphatic carbocycles. The second-order valence-corrected chi connectivity index (χ2v) is 6.84. The Hall–Kier alpha value is -1.49. The molecule has 0 N–H and O–H groups in total. The Kier molecular flexibility index (Phi) is 6.31. The van der Waals surface area contributed by atoms with Crippen LogP contribution < -0.4 is 0 Å². The molecule has 1 fully saturated rings. The van der Waals surface area contributed by atoms with E-state index in [0.29, 0.717) is 32.5 Å². The van der Waals surface area contributed by atoms with Crippen LogP contribution in [0.15, 0.2) is 35.2 Å². The highest BCUT2D eigenvalue weighted by Gasteiger charge is 2.30. The van der Waals surface area contributed by atoms with Crippen LogP contribution in [0.3, 0.4) is 0 Å². The first-order valence-corrected chi connectivity index (χ1v) is 8.67. The van der Waals surface area contributed by atoms with E-state index in [2.05, 4.69) is 0 Å². The molecule has 1 aliphatic rings. The molecule has 1 aromatic carbocycles. The predicted octanol–water partition coefficient (Wildman–Crippen LogP) is 2.97. The van der Waals surface area contributed by atoms with Crippen molar-refractivity contribution in [3.8, 4) is 0 Å². The molecule has 2 rings (SSSR count). The van der Waals surface area contributed by atoms with Gasteiger partial charge in [-0.05, 0) is 38.8 Å². The lowest BCUT2D eigenvalue weighted by Crippen LogP contribution is -2.43. The van der Waals surface area contributed by atoms with Gasteiger partial charge in [0.15, 0.2) is 0 Å². The van der Waals surface area contributed by atoms with E-state index in [1.54, 1.807) is 11.8 Å². The van der Waals surface area contributed by atoms with Gasteiger partial charge >= 0.3 is 5.97 Å². The molecule has 1 amide bonds. The fraction of sp³-hybridized carbons (Fsp3) is 0.529. The number of benzene rings is 1. The van der Waals surface area contributed by atoms with Crippen LogP contribution in [-0.4, -0.2) is 41.7 Å². The van der Waals surface area contributed by atoms with Crippen molar-refractivity contribution < 1.29 is 14.3 Å². The van der Waals surface area contributed by atoms with E-state index >= 15 is 0 Å². The van der Waals surface area contributed by atoms with E-state index in [1.165, 1.54) is 0 Å². The molecule has 120 valence electrons. The van der Waals surface area contributed by atoms with Crippen LogP contribution in [0.1, 0.15) is 26.7 Å². The van der Waals surface area contributed by atoms with Gasteiger partial charge in [-0.2, -0.15) is 0 Å². The predicted molar refractivity (Wildman–Crippen MR) is 87.7 cm³/mol. The van der Waals surface area contributed by atoms with Gasteiger partial charge in [0.25, 0.3) is 0 Å². The van der Waals surface area contributed by atoms with Gasteiger partial charge in [0.2, 0.25) is 5.91 Å². The van der Waals surface area contributed by atoms with Gasteiger partial charge < -0.3 is 9.64 Å². The van der Waals surface area contributed by atoms with Gasteiger partial charge in [-0.3, -0.25) is 9.59 Å². The number of carbonyl (C=O) groups excluding carboxylic acids is 2. The van der Waals surface area contributed by atoms with Crippen LogP contribution in [0.2, 0.25) is 0 Å². The van der Waals surface area contributed by atoms with Crippen molar-refractivity contribution >= 4 is 23.6 Å². The Morgan fingerprint density at radius 1 is 1.27 bits per heavy atom. The molecule has 1 heterocycles. The summed E-state index contributed by atoms with van der Waals surface area (Å²) in [5, 5.41) is -0.110. The van der Waals surface area contributed by atoms with E-state index in [-0.39, 0.29) is 23.0 Å². The van der Waals surface area contributed by atoms with Crippen LogP contribution in [-0.2, 0) is 14.3 Å². The zero-order valence-electron chi connectivity index (χ0n) is 13.2. The van der Waals surface area contributed by atoms with Gasteiger partial charge in [-0.1, -0.05) is 18.2 Å². The topological polar surface area (TPSA) is 46.6 Å². The minimum absolute atomic E-state index is 0.0546. The van der Waals surface area contributed by atoms with E-state index in [9.17, 15) is 9.59 Å². The summed E-state index contributed by atoms with van der Waals surface area (Å²) in [5.74, 6) is -0.0291. The van der Waals surface area contributed by atoms with E-state index in [4.69, 9.17) is 4.74 Å². The molecule has 1 saturated heterocycles. The molecule has 0 saturated carbocycles. The first-order chi connectivity index (χ1) is 10.6. The van der Waals surface area contributed by atoms with Gasteiger partial charge in [0, 0.05) is 18.0 Å². The number of hydrogen-bond donors (Lipinski definition) is 0. The summed E-state index contributed by atoms with van der Waals surface area (Å²) in [6, 6.07) is 9.95. The van der Waals surface area contributed by atoms with Crippen molar-refractivity contribution in [1.82, 2.24) is 4.90 Å². The number of ether oxygens (including phenoxy) is 1. The molecule has 5 heteroatoms. The smallest absolute Gasteiger partial charge is 0.309 e. The number of esters is 1. The van der Waals surface area contributed by atoms with E-state index in [1.807, 2.05) is 49.1 Å². The third-order valence-corrected chi connectivity index (χ3v) is 4.93. The summed E-state index contributed by atoms with van der Waals surface area (Å²) >= 11 is 1.58. The molecule has 1 atom stereocenters. The van der Waals surface area contributed by atoms with Crippen molar-refractivity contribution in [3.63, 3.8) is 0 Å². The van der Waals surface area contributed by atoms with Crippen LogP contribution in [0.25, 0.3) is 0 Å². The molecule has 0 spiro atoms. The third kappa shape index (κ3) is 4.50. The minimum Gasteiger partial charge on any atom is -0.466 e. The zero-order chi connectivity index (χ0) is 15.9. The maximum absolute atomic E-state index is 12.5. The van der Waals surface area contributed by atoms with E-state index in [0.717, 1.165) is 4.90 Å². The Bertz CT molecular complexity index is 498. The Morgan fingerprint density at radius 3 is 2.50 bits per heavy atom. The molecule has 0 aromatic heterocycles. The molecule has 0 bridgehead atoms. The van der Waals surface area contributed by atoms with Gasteiger partial charge in [0.05, 0.1) is 17.8 Å². The second kappa shape index (κ2) is 8.22. The highest BCUT2D eigenvalue weighted by Crippen LogP contribution is 2.26. The van der Waals surface area contributed by atoms with Crippen molar-refractivity contribution in [2.45, 2.75) is 36.8 Å². The summed E-state index contributed by atoms with van der Waals surface area (Å²) in [6.45, 7) is 5.46. The molecule has 4 nitrogen and oxygen atoms in total. The Balaban J connectivity index is 1.83. The second-order valence-electron chi connectivity index (χ2n) is 5.42. The molecule has 0 radical (unpaired) electrons. The zero-order valence-corrected chi connectivity index (χ0v) is 14.0. The highest BCUT2D eigenvalue weighted by atomic mass is 32.2. The third-order valence-electron chi connectivity index (χ3n) is 3.83. The van der Waals surface area contributed by atoms with Crippen molar-refractivity contribution in [3.05, 3.63) is 30.3 Å². The summed E-state index contributed by atoms with van der Waals surface area (Å²) in [5.41, 5.74) is 0. The molecule has 1 aliphatic heterocycles. The average Bonchev–Trinajstić information content (AvgIpc) is 2.55. The fourth-order valence-corrected chi connectivity index (χ4v) is 3.58. The first-order valence-electron chi connectivity index (χ1n) is 7.79. The largest absolute Gasteiger partial charge is 0.466 e. The van der Waals surface area contributed by atoms with Crippen molar-refractivity contribution in [2.24, 2.45) is 5.92 Å². The number of likely N-dealkylation sites (tertiary alicyclic amines) is 1. The lowest BCUT2D eigenvalue weighted by atomic mass is 9.97. The Morgan fingerprint density at radius 2 is 1.91 bits per heavy atom. The fourth-order valence-electron chi connectivity index (χ4n) is 2.61. The minimum atomic E-state index is -0.124. The lowest BCUT2D eigenvalue weighted by Gasteiger charge is -2.32. The van der Waals surface area contributed by atoms with Crippen LogP contribution in [0.4, 0.5) is 0 Å². The number of rotatable bonds is 5. The molecule has 22 heavy (non-hydrogen) atoms. The first kappa shape index (κ1) is 16.9. The van der Waals surface area contributed by atoms with Crippen molar-refractivity contribution in [1.29, 1.82) is 0 Å². The number of hydrogen-bond acceptors (Lipinski definition) is 4. The van der Waals surface area contributed by atoms with Crippen LogP contribution in [0.5, 0.6) is 0 Å². The lowest BCUT2D eigenvalue weighted by molar-refractivity contribution is -0.151. The van der Waals surface area contributed by atoms with E-state index < -0.39 is 0 Å². The molecular weight excluding hydrogens is 298 g/mol. The number of piperidine rings is 1. The molecule has 1 aromatic rings. The quantitative estimate of drug-likeness (QED) is 0.618. The van der Waals surface area contributed by atoms with Gasteiger partial charge in [-0.25, -0.2) is 0 Å². The summed E-state index contributed by atoms with van der Waals surface area (Å²) in [7, 11) is 0. The Labute approximate surface area is 136 Å². The number of amides is 1. The maximum Gasteiger partial charge on any atom is 0.309 e.